The smallest absolute Gasteiger partial charge is 0.433 e. The molecule has 2 fully saturated rings. The van der Waals surface area contributed by atoms with Crippen molar-refractivity contribution in [3.63, 3.8) is 0 Å². The fourth-order valence-corrected chi connectivity index (χ4v) is 3.15. The predicted octanol–water partition coefficient (Wildman–Crippen LogP) is 2.63. The monoisotopic (exact) mass is 381 g/mol. The van der Waals surface area contributed by atoms with Crippen molar-refractivity contribution >= 4 is 11.9 Å². The van der Waals surface area contributed by atoms with Gasteiger partial charge in [0.15, 0.2) is 12.1 Å². The van der Waals surface area contributed by atoms with E-state index in [0.29, 0.717) is 37.6 Å². The molecule has 0 aromatic carbocycles. The summed E-state index contributed by atoms with van der Waals surface area (Å²) < 4.78 is 44.3. The fraction of sp³-hybridized carbons (Fsp3) is 0.529. The molecule has 3 heterocycles. The second kappa shape index (κ2) is 6.50. The van der Waals surface area contributed by atoms with Crippen molar-refractivity contribution in [2.24, 2.45) is 0 Å². The molecule has 2 aliphatic rings. The van der Waals surface area contributed by atoms with Gasteiger partial charge in [0, 0.05) is 37.8 Å². The lowest BCUT2D eigenvalue weighted by Gasteiger charge is -2.34. The van der Waals surface area contributed by atoms with E-state index in [2.05, 4.69) is 15.0 Å². The van der Waals surface area contributed by atoms with Gasteiger partial charge in [0.2, 0.25) is 5.95 Å². The first-order valence-corrected chi connectivity index (χ1v) is 8.73. The number of alkyl halides is 3. The highest BCUT2D eigenvalue weighted by Crippen LogP contribution is 2.41. The van der Waals surface area contributed by atoms with Crippen molar-refractivity contribution in [2.75, 3.05) is 31.1 Å². The normalized spacial score (nSPS) is 18.1. The van der Waals surface area contributed by atoms with Gasteiger partial charge < -0.3 is 14.2 Å². The third kappa shape index (κ3) is 3.60. The zero-order chi connectivity index (χ0) is 19.2. The SMILES string of the molecule is Cc1cc(C(F)(F)F)nc(N2CCN(C(=O)c3ncoc3C3CC3)CC2)n1. The standard InChI is InChI=1S/C17H18F3N5O2/c1-10-8-12(17(18,19)20)23-16(22-10)25-6-4-24(5-7-25)15(26)13-14(11-2-3-11)27-9-21-13/h8-9,11H,2-7H2,1H3. The van der Waals surface area contributed by atoms with E-state index in [4.69, 9.17) is 4.42 Å². The summed E-state index contributed by atoms with van der Waals surface area (Å²) in [7, 11) is 0. The Bertz CT molecular complexity index is 854. The minimum atomic E-state index is -4.52. The summed E-state index contributed by atoms with van der Waals surface area (Å²) in [5.41, 5.74) is -0.361. The molecule has 1 amide bonds. The molecule has 1 aliphatic carbocycles. The summed E-state index contributed by atoms with van der Waals surface area (Å²) in [6.45, 7) is 2.92. The molecule has 1 aliphatic heterocycles. The van der Waals surface area contributed by atoms with E-state index in [1.807, 2.05) is 0 Å². The van der Waals surface area contributed by atoms with Crippen molar-refractivity contribution in [1.82, 2.24) is 19.9 Å². The molecule has 2 aromatic rings. The highest BCUT2D eigenvalue weighted by molar-refractivity contribution is 5.93. The number of nitrogens with zero attached hydrogens (tertiary/aromatic N) is 5. The summed E-state index contributed by atoms with van der Waals surface area (Å²) in [6, 6.07) is 0.924. The first kappa shape index (κ1) is 17.7. The van der Waals surface area contributed by atoms with Crippen molar-refractivity contribution in [2.45, 2.75) is 31.9 Å². The number of hydrogen-bond donors (Lipinski definition) is 0. The maximum atomic E-state index is 13.0. The number of aromatic nitrogens is 3. The number of piperazine rings is 1. The summed E-state index contributed by atoms with van der Waals surface area (Å²) in [4.78, 5) is 27.8. The molecule has 0 radical (unpaired) electrons. The Hall–Kier alpha value is -2.65. The molecule has 0 bridgehead atoms. The van der Waals surface area contributed by atoms with E-state index < -0.39 is 11.9 Å². The van der Waals surface area contributed by atoms with Crippen LogP contribution in [0.1, 0.15) is 46.4 Å². The topological polar surface area (TPSA) is 75.4 Å². The van der Waals surface area contributed by atoms with Gasteiger partial charge in [-0.2, -0.15) is 13.2 Å². The van der Waals surface area contributed by atoms with Crippen LogP contribution in [0.5, 0.6) is 0 Å². The quantitative estimate of drug-likeness (QED) is 0.814. The zero-order valence-electron chi connectivity index (χ0n) is 14.7. The van der Waals surface area contributed by atoms with Crippen LogP contribution in [0.4, 0.5) is 19.1 Å². The minimum absolute atomic E-state index is 0.0366. The van der Waals surface area contributed by atoms with E-state index in [0.717, 1.165) is 18.9 Å². The third-order valence-electron chi connectivity index (χ3n) is 4.73. The lowest BCUT2D eigenvalue weighted by Crippen LogP contribution is -2.49. The Morgan fingerprint density at radius 3 is 2.52 bits per heavy atom. The fourth-order valence-electron chi connectivity index (χ4n) is 3.15. The van der Waals surface area contributed by atoms with Gasteiger partial charge in [-0.1, -0.05) is 0 Å². The highest BCUT2D eigenvalue weighted by atomic mass is 19.4. The Morgan fingerprint density at radius 2 is 1.89 bits per heavy atom. The van der Waals surface area contributed by atoms with Crippen LogP contribution in [0.2, 0.25) is 0 Å². The molecule has 144 valence electrons. The van der Waals surface area contributed by atoms with Gasteiger partial charge in [-0.05, 0) is 25.8 Å². The number of carbonyl (C=O) groups excluding carboxylic acids is 1. The summed E-state index contributed by atoms with van der Waals surface area (Å²) in [5.74, 6) is 0.745. The lowest BCUT2D eigenvalue weighted by molar-refractivity contribution is -0.141. The maximum absolute atomic E-state index is 13.0. The number of hydrogen-bond acceptors (Lipinski definition) is 6. The molecule has 7 nitrogen and oxygen atoms in total. The average Bonchev–Trinajstić information content (AvgIpc) is 3.36. The van der Waals surface area contributed by atoms with Crippen molar-refractivity contribution in [3.8, 4) is 0 Å². The molecule has 27 heavy (non-hydrogen) atoms. The Labute approximate surface area is 153 Å². The molecule has 0 atom stereocenters. The zero-order valence-corrected chi connectivity index (χ0v) is 14.7. The van der Waals surface area contributed by atoms with Crippen LogP contribution in [-0.4, -0.2) is 51.9 Å². The van der Waals surface area contributed by atoms with Crippen LogP contribution in [-0.2, 0) is 6.18 Å². The Morgan fingerprint density at radius 1 is 1.19 bits per heavy atom. The molecule has 0 N–H and O–H groups in total. The summed E-state index contributed by atoms with van der Waals surface area (Å²) in [5, 5.41) is 0. The Kier molecular flexibility index (Phi) is 4.27. The van der Waals surface area contributed by atoms with E-state index in [-0.39, 0.29) is 23.5 Å². The molecule has 0 spiro atoms. The molecule has 10 heteroatoms. The summed E-state index contributed by atoms with van der Waals surface area (Å²) in [6.07, 6.45) is -1.24. The third-order valence-corrected chi connectivity index (χ3v) is 4.73. The number of amides is 1. The molecular formula is C17H18F3N5O2. The number of carbonyl (C=O) groups is 1. The van der Waals surface area contributed by atoms with Gasteiger partial charge in [-0.3, -0.25) is 4.79 Å². The molecule has 2 aromatic heterocycles. The van der Waals surface area contributed by atoms with Crippen LogP contribution in [0.3, 0.4) is 0 Å². The molecular weight excluding hydrogens is 363 g/mol. The van der Waals surface area contributed by atoms with E-state index in [1.165, 1.54) is 13.3 Å². The molecule has 1 saturated heterocycles. The largest absolute Gasteiger partial charge is 0.447 e. The second-order valence-electron chi connectivity index (χ2n) is 6.81. The van der Waals surface area contributed by atoms with Crippen molar-refractivity contribution in [1.29, 1.82) is 0 Å². The second-order valence-corrected chi connectivity index (χ2v) is 6.81. The summed E-state index contributed by atoms with van der Waals surface area (Å²) >= 11 is 0. The lowest BCUT2D eigenvalue weighted by atomic mass is 10.2. The van der Waals surface area contributed by atoms with Crippen LogP contribution in [0, 0.1) is 6.92 Å². The van der Waals surface area contributed by atoms with Crippen LogP contribution in [0.15, 0.2) is 16.9 Å². The van der Waals surface area contributed by atoms with Gasteiger partial charge in [0.05, 0.1) is 0 Å². The van der Waals surface area contributed by atoms with Crippen molar-refractivity contribution < 1.29 is 22.4 Å². The van der Waals surface area contributed by atoms with E-state index in [9.17, 15) is 18.0 Å². The predicted molar refractivity (Wildman–Crippen MR) is 88.4 cm³/mol. The first-order valence-electron chi connectivity index (χ1n) is 8.73. The van der Waals surface area contributed by atoms with Crippen LogP contribution in [0.25, 0.3) is 0 Å². The van der Waals surface area contributed by atoms with Gasteiger partial charge in [-0.15, -0.1) is 0 Å². The number of anilines is 1. The highest BCUT2D eigenvalue weighted by Gasteiger charge is 2.36. The average molecular weight is 381 g/mol. The molecule has 1 saturated carbocycles. The van der Waals surface area contributed by atoms with Crippen molar-refractivity contribution in [3.05, 3.63) is 35.3 Å². The van der Waals surface area contributed by atoms with Gasteiger partial charge >= 0.3 is 6.18 Å². The number of aryl methyl sites for hydroxylation is 1. The van der Waals surface area contributed by atoms with Gasteiger partial charge in [0.25, 0.3) is 5.91 Å². The van der Waals surface area contributed by atoms with Gasteiger partial charge in [-0.25, -0.2) is 15.0 Å². The van der Waals surface area contributed by atoms with E-state index >= 15 is 0 Å². The first-order chi connectivity index (χ1) is 12.8. The number of halogens is 3. The number of rotatable bonds is 3. The van der Waals surface area contributed by atoms with Crippen LogP contribution < -0.4 is 4.90 Å². The van der Waals surface area contributed by atoms with E-state index in [1.54, 1.807) is 9.80 Å². The maximum Gasteiger partial charge on any atom is 0.433 e. The molecule has 4 rings (SSSR count). The Balaban J connectivity index is 1.45. The number of oxazole rings is 1. The minimum Gasteiger partial charge on any atom is -0.447 e. The molecule has 0 unspecified atom stereocenters. The van der Waals surface area contributed by atoms with Gasteiger partial charge in [0.1, 0.15) is 11.5 Å². The van der Waals surface area contributed by atoms with Crippen LogP contribution >= 0.6 is 0 Å².